The Morgan fingerprint density at radius 1 is 1.32 bits per heavy atom. The van der Waals surface area contributed by atoms with Crippen LogP contribution in [0.4, 0.5) is 0 Å². The van der Waals surface area contributed by atoms with Gasteiger partial charge in [0.1, 0.15) is 5.75 Å². The SMILES string of the molecule is Cc1csc(CC(O)c2ccccc2OC(C)C)n1. The largest absolute Gasteiger partial charge is 0.491 e. The van der Waals surface area contributed by atoms with Crippen LogP contribution in [0.25, 0.3) is 0 Å². The minimum atomic E-state index is -0.583. The van der Waals surface area contributed by atoms with Gasteiger partial charge >= 0.3 is 0 Å². The maximum absolute atomic E-state index is 10.4. The first kappa shape index (κ1) is 14.0. The molecule has 102 valence electrons. The normalized spacial score (nSPS) is 12.7. The third-order valence-electron chi connectivity index (χ3n) is 2.68. The van der Waals surface area contributed by atoms with E-state index in [0.717, 1.165) is 22.0 Å². The van der Waals surface area contributed by atoms with Gasteiger partial charge in [0.25, 0.3) is 0 Å². The van der Waals surface area contributed by atoms with Crippen molar-refractivity contribution in [3.63, 3.8) is 0 Å². The smallest absolute Gasteiger partial charge is 0.125 e. The molecule has 3 nitrogen and oxygen atoms in total. The Morgan fingerprint density at radius 3 is 2.68 bits per heavy atom. The van der Waals surface area contributed by atoms with E-state index in [1.165, 1.54) is 0 Å². The highest BCUT2D eigenvalue weighted by molar-refractivity contribution is 7.09. The number of aromatic nitrogens is 1. The molecule has 1 heterocycles. The fraction of sp³-hybridized carbons (Fsp3) is 0.400. The number of benzene rings is 1. The van der Waals surface area contributed by atoms with Crippen molar-refractivity contribution in [1.82, 2.24) is 4.98 Å². The van der Waals surface area contributed by atoms with E-state index >= 15 is 0 Å². The molecule has 0 amide bonds. The Bertz CT molecular complexity index is 536. The summed E-state index contributed by atoms with van der Waals surface area (Å²) >= 11 is 1.58. The number of hydrogen-bond acceptors (Lipinski definition) is 4. The molecule has 1 atom stereocenters. The monoisotopic (exact) mass is 277 g/mol. The van der Waals surface area contributed by atoms with Crippen LogP contribution >= 0.6 is 11.3 Å². The van der Waals surface area contributed by atoms with Crippen molar-refractivity contribution in [1.29, 1.82) is 0 Å². The summed E-state index contributed by atoms with van der Waals surface area (Å²) in [5.41, 5.74) is 1.82. The highest BCUT2D eigenvalue weighted by Crippen LogP contribution is 2.29. The number of rotatable bonds is 5. The van der Waals surface area contributed by atoms with Crippen molar-refractivity contribution in [3.05, 3.63) is 45.9 Å². The molecule has 0 aliphatic heterocycles. The van der Waals surface area contributed by atoms with Crippen LogP contribution in [-0.2, 0) is 6.42 Å². The molecule has 4 heteroatoms. The minimum absolute atomic E-state index is 0.0930. The van der Waals surface area contributed by atoms with Crippen molar-refractivity contribution in [2.45, 2.75) is 39.4 Å². The van der Waals surface area contributed by atoms with Crippen LogP contribution in [0, 0.1) is 6.92 Å². The summed E-state index contributed by atoms with van der Waals surface area (Å²) in [5.74, 6) is 0.748. The third kappa shape index (κ3) is 3.78. The van der Waals surface area contributed by atoms with Crippen LogP contribution in [0.1, 0.15) is 36.2 Å². The zero-order chi connectivity index (χ0) is 13.8. The number of aryl methyl sites for hydroxylation is 1. The Labute approximate surface area is 117 Å². The Balaban J connectivity index is 2.16. The second kappa shape index (κ2) is 6.17. The first-order valence-corrected chi connectivity index (χ1v) is 7.29. The molecular formula is C15H19NO2S. The Hall–Kier alpha value is -1.39. The molecule has 2 aromatic rings. The average Bonchev–Trinajstić information content (AvgIpc) is 2.74. The predicted molar refractivity (Wildman–Crippen MR) is 77.7 cm³/mol. The number of para-hydroxylation sites is 1. The molecule has 0 aliphatic carbocycles. The number of aliphatic hydroxyl groups is 1. The van der Waals surface area contributed by atoms with Gasteiger partial charge in [-0.15, -0.1) is 11.3 Å². The molecule has 2 rings (SSSR count). The van der Waals surface area contributed by atoms with Crippen LogP contribution in [0.15, 0.2) is 29.6 Å². The van der Waals surface area contributed by atoms with E-state index in [0.29, 0.717) is 6.42 Å². The summed E-state index contributed by atoms with van der Waals surface area (Å²) < 4.78 is 5.73. The van der Waals surface area contributed by atoms with Gasteiger partial charge in [0, 0.05) is 23.1 Å². The van der Waals surface area contributed by atoms with Crippen molar-refractivity contribution >= 4 is 11.3 Å². The molecule has 0 fully saturated rings. The van der Waals surface area contributed by atoms with E-state index < -0.39 is 6.10 Å². The lowest BCUT2D eigenvalue weighted by Crippen LogP contribution is -2.10. The lowest BCUT2D eigenvalue weighted by atomic mass is 10.1. The number of nitrogens with zero attached hydrogens (tertiary/aromatic N) is 1. The number of aliphatic hydroxyl groups excluding tert-OH is 1. The zero-order valence-electron chi connectivity index (χ0n) is 11.5. The second-order valence-corrected chi connectivity index (χ2v) is 5.75. The quantitative estimate of drug-likeness (QED) is 0.909. The zero-order valence-corrected chi connectivity index (χ0v) is 12.3. The van der Waals surface area contributed by atoms with Crippen molar-refractivity contribution < 1.29 is 9.84 Å². The van der Waals surface area contributed by atoms with E-state index in [1.54, 1.807) is 11.3 Å². The molecule has 19 heavy (non-hydrogen) atoms. The van der Waals surface area contributed by atoms with E-state index in [2.05, 4.69) is 4.98 Å². The lowest BCUT2D eigenvalue weighted by Gasteiger charge is -2.17. The van der Waals surface area contributed by atoms with Gasteiger partial charge < -0.3 is 9.84 Å². The van der Waals surface area contributed by atoms with Crippen molar-refractivity contribution in [3.8, 4) is 5.75 Å². The van der Waals surface area contributed by atoms with Crippen molar-refractivity contribution in [2.24, 2.45) is 0 Å². The summed E-state index contributed by atoms with van der Waals surface area (Å²) in [7, 11) is 0. The molecule has 0 spiro atoms. The van der Waals surface area contributed by atoms with Crippen LogP contribution in [0.5, 0.6) is 5.75 Å². The number of thiazole rings is 1. The molecule has 0 aliphatic rings. The van der Waals surface area contributed by atoms with Crippen LogP contribution in [0.2, 0.25) is 0 Å². The van der Waals surface area contributed by atoms with E-state index in [1.807, 2.05) is 50.4 Å². The van der Waals surface area contributed by atoms with Crippen LogP contribution < -0.4 is 4.74 Å². The Kier molecular flexibility index (Phi) is 4.56. The van der Waals surface area contributed by atoms with Gasteiger partial charge in [0.15, 0.2) is 0 Å². The fourth-order valence-electron chi connectivity index (χ4n) is 1.89. The molecule has 1 aromatic carbocycles. The topological polar surface area (TPSA) is 42.4 Å². The molecule has 1 aromatic heterocycles. The molecule has 0 saturated carbocycles. The van der Waals surface area contributed by atoms with E-state index in [-0.39, 0.29) is 6.10 Å². The number of ether oxygens (including phenoxy) is 1. The molecule has 1 unspecified atom stereocenters. The molecular weight excluding hydrogens is 258 g/mol. The lowest BCUT2D eigenvalue weighted by molar-refractivity contribution is 0.166. The van der Waals surface area contributed by atoms with Crippen LogP contribution in [0.3, 0.4) is 0 Å². The van der Waals surface area contributed by atoms with E-state index in [9.17, 15) is 5.11 Å². The van der Waals surface area contributed by atoms with Gasteiger partial charge in [-0.2, -0.15) is 0 Å². The van der Waals surface area contributed by atoms with Gasteiger partial charge in [0.2, 0.25) is 0 Å². The predicted octanol–water partition coefficient (Wildman–Crippen LogP) is 3.51. The highest BCUT2D eigenvalue weighted by Gasteiger charge is 2.16. The average molecular weight is 277 g/mol. The highest BCUT2D eigenvalue weighted by atomic mass is 32.1. The van der Waals surface area contributed by atoms with Gasteiger partial charge in [-0.1, -0.05) is 18.2 Å². The minimum Gasteiger partial charge on any atom is -0.491 e. The van der Waals surface area contributed by atoms with Crippen LogP contribution in [-0.4, -0.2) is 16.2 Å². The van der Waals surface area contributed by atoms with Crippen molar-refractivity contribution in [2.75, 3.05) is 0 Å². The van der Waals surface area contributed by atoms with Gasteiger partial charge in [-0.25, -0.2) is 4.98 Å². The maximum atomic E-state index is 10.4. The van der Waals surface area contributed by atoms with Gasteiger partial charge in [-0.05, 0) is 26.8 Å². The molecule has 1 N–H and O–H groups in total. The van der Waals surface area contributed by atoms with E-state index in [4.69, 9.17) is 4.74 Å². The first-order chi connectivity index (χ1) is 9.06. The second-order valence-electron chi connectivity index (χ2n) is 4.81. The standard InChI is InChI=1S/C15H19NO2S/c1-10(2)18-14-7-5-4-6-12(14)13(17)8-15-16-11(3)9-19-15/h4-7,9-10,13,17H,8H2,1-3H3. The third-order valence-corrected chi connectivity index (χ3v) is 3.66. The van der Waals surface area contributed by atoms with Gasteiger partial charge in [-0.3, -0.25) is 0 Å². The Morgan fingerprint density at radius 2 is 2.05 bits per heavy atom. The maximum Gasteiger partial charge on any atom is 0.125 e. The van der Waals surface area contributed by atoms with Gasteiger partial charge in [0.05, 0.1) is 17.2 Å². The summed E-state index contributed by atoms with van der Waals surface area (Å²) in [4.78, 5) is 4.38. The summed E-state index contributed by atoms with van der Waals surface area (Å²) in [5, 5.41) is 13.3. The number of hydrogen-bond donors (Lipinski definition) is 1. The summed E-state index contributed by atoms with van der Waals surface area (Å²) in [6, 6.07) is 7.63. The molecule has 0 radical (unpaired) electrons. The summed E-state index contributed by atoms with van der Waals surface area (Å²) in [6.07, 6.45) is 0.0349. The summed E-state index contributed by atoms with van der Waals surface area (Å²) in [6.45, 7) is 5.92. The molecule has 0 bridgehead atoms. The molecule has 0 saturated heterocycles. The first-order valence-electron chi connectivity index (χ1n) is 6.41. The fourth-order valence-corrected chi connectivity index (χ4v) is 2.70.